The smallest absolute Gasteiger partial charge is 0.327 e. The average molecular weight is 440 g/mol. The van der Waals surface area contributed by atoms with E-state index in [0.29, 0.717) is 12.7 Å². The van der Waals surface area contributed by atoms with Crippen molar-refractivity contribution in [1.82, 2.24) is 19.7 Å². The molecule has 0 amide bonds. The van der Waals surface area contributed by atoms with Crippen LogP contribution in [0, 0.1) is 11.6 Å². The Bertz CT molecular complexity index is 1290. The maximum absolute atomic E-state index is 14.0. The zero-order chi connectivity index (χ0) is 21.9. The van der Waals surface area contributed by atoms with Gasteiger partial charge in [0.2, 0.25) is 10.0 Å². The van der Waals surface area contributed by atoms with E-state index in [-0.39, 0.29) is 34.5 Å². The molecule has 0 saturated carbocycles. The van der Waals surface area contributed by atoms with Crippen molar-refractivity contribution in [3.8, 4) is 0 Å². The van der Waals surface area contributed by atoms with Crippen LogP contribution in [0.2, 0.25) is 0 Å². The predicted molar refractivity (Wildman–Crippen MR) is 104 cm³/mol. The van der Waals surface area contributed by atoms with Gasteiger partial charge in [-0.15, -0.1) is 0 Å². The van der Waals surface area contributed by atoms with Gasteiger partial charge in [0, 0.05) is 24.9 Å². The molecule has 2 aromatic heterocycles. The lowest BCUT2D eigenvalue weighted by molar-refractivity contribution is 0.128. The van der Waals surface area contributed by atoms with Gasteiger partial charge in [-0.25, -0.2) is 31.7 Å². The van der Waals surface area contributed by atoms with Crippen LogP contribution in [0.5, 0.6) is 0 Å². The van der Waals surface area contributed by atoms with E-state index in [1.54, 1.807) is 6.92 Å². The number of halogens is 2. The first-order valence-corrected chi connectivity index (χ1v) is 10.3. The first-order valence-electron chi connectivity index (χ1n) is 8.86. The highest BCUT2D eigenvalue weighted by atomic mass is 32.2. The van der Waals surface area contributed by atoms with Crippen LogP contribution in [0.15, 0.2) is 44.9 Å². The van der Waals surface area contributed by atoms with Gasteiger partial charge in [0.05, 0.1) is 12.0 Å². The molecule has 3 rings (SSSR count). The molecular weight excluding hydrogens is 422 g/mol. The second kappa shape index (κ2) is 8.81. The maximum Gasteiger partial charge on any atom is 0.327 e. The summed E-state index contributed by atoms with van der Waals surface area (Å²) in [5.74, 6) is -1.55. The topological polar surface area (TPSA) is 134 Å². The lowest BCUT2D eigenvalue weighted by Crippen LogP contribution is -2.40. The molecule has 0 aliphatic heterocycles. The lowest BCUT2D eigenvalue weighted by Gasteiger charge is -2.19. The summed E-state index contributed by atoms with van der Waals surface area (Å²) in [5.41, 5.74) is -1.53. The molecule has 0 radical (unpaired) electrons. The van der Waals surface area contributed by atoms with Crippen molar-refractivity contribution in [2.24, 2.45) is 0 Å². The standard InChI is InChI=1S/C18H18F2N4O5S/c1-2-29-9-12(5-10-3-4-11(19)6-15(10)20)24-30(27,28)13-7-14-16(21-8-13)22-18(26)23-17(14)25/h3-4,6-8,12,24H,2,5,9H2,1H3,(H2,21,22,23,25,26). The van der Waals surface area contributed by atoms with E-state index >= 15 is 0 Å². The molecule has 1 atom stereocenters. The molecule has 9 nitrogen and oxygen atoms in total. The lowest BCUT2D eigenvalue weighted by atomic mass is 10.1. The van der Waals surface area contributed by atoms with Gasteiger partial charge in [-0.3, -0.25) is 14.8 Å². The van der Waals surface area contributed by atoms with Crippen LogP contribution in [0.4, 0.5) is 8.78 Å². The quantitative estimate of drug-likeness (QED) is 0.475. The van der Waals surface area contributed by atoms with Crippen LogP contribution in [-0.4, -0.2) is 42.6 Å². The number of aromatic nitrogens is 3. The van der Waals surface area contributed by atoms with Crippen LogP contribution in [0.25, 0.3) is 11.0 Å². The number of rotatable bonds is 8. The molecule has 3 aromatic rings. The molecule has 0 bridgehead atoms. The van der Waals surface area contributed by atoms with Gasteiger partial charge >= 0.3 is 5.69 Å². The van der Waals surface area contributed by atoms with E-state index in [4.69, 9.17) is 4.74 Å². The summed E-state index contributed by atoms with van der Waals surface area (Å²) in [4.78, 5) is 31.0. The van der Waals surface area contributed by atoms with Crippen molar-refractivity contribution >= 4 is 21.1 Å². The average Bonchev–Trinajstić information content (AvgIpc) is 2.67. The Hall–Kier alpha value is -2.96. The van der Waals surface area contributed by atoms with Crippen LogP contribution < -0.4 is 16.0 Å². The molecule has 0 aliphatic rings. The summed E-state index contributed by atoms with van der Waals surface area (Å²) in [6, 6.07) is 3.20. The van der Waals surface area contributed by atoms with Crippen LogP contribution in [0.3, 0.4) is 0 Å². The number of benzene rings is 1. The molecule has 12 heteroatoms. The number of nitrogens with zero attached hydrogens (tertiary/aromatic N) is 1. The molecule has 1 unspecified atom stereocenters. The number of ether oxygens (including phenoxy) is 1. The molecule has 30 heavy (non-hydrogen) atoms. The third-order valence-corrected chi connectivity index (χ3v) is 5.69. The summed E-state index contributed by atoms with van der Waals surface area (Å²) in [6.07, 6.45) is 0.885. The number of sulfonamides is 1. The molecule has 0 saturated heterocycles. The number of hydrogen-bond donors (Lipinski definition) is 3. The van der Waals surface area contributed by atoms with Gasteiger partial charge in [-0.2, -0.15) is 0 Å². The van der Waals surface area contributed by atoms with Gasteiger partial charge in [-0.05, 0) is 31.0 Å². The first kappa shape index (κ1) is 21.7. The summed E-state index contributed by atoms with van der Waals surface area (Å²) in [7, 11) is -4.18. The van der Waals surface area contributed by atoms with E-state index < -0.39 is 38.9 Å². The van der Waals surface area contributed by atoms with Gasteiger partial charge in [0.25, 0.3) is 5.56 Å². The Morgan fingerprint density at radius 3 is 2.67 bits per heavy atom. The summed E-state index contributed by atoms with van der Waals surface area (Å²) in [5, 5.41) is -0.122. The molecule has 0 fully saturated rings. The summed E-state index contributed by atoms with van der Waals surface area (Å²) < 4.78 is 60.4. The third kappa shape index (κ3) is 4.96. The minimum Gasteiger partial charge on any atom is -0.380 e. The van der Waals surface area contributed by atoms with Crippen LogP contribution >= 0.6 is 0 Å². The Balaban J connectivity index is 1.91. The highest BCUT2D eigenvalue weighted by molar-refractivity contribution is 7.89. The van der Waals surface area contributed by atoms with Gasteiger partial charge in [-0.1, -0.05) is 6.07 Å². The van der Waals surface area contributed by atoms with Crippen molar-refractivity contribution in [3.63, 3.8) is 0 Å². The van der Waals surface area contributed by atoms with Gasteiger partial charge < -0.3 is 4.74 Å². The first-order chi connectivity index (χ1) is 14.2. The second-order valence-corrected chi connectivity index (χ2v) is 8.11. The van der Waals surface area contributed by atoms with Crippen molar-refractivity contribution in [2.45, 2.75) is 24.3 Å². The highest BCUT2D eigenvalue weighted by Gasteiger charge is 2.23. The SMILES string of the molecule is CCOCC(Cc1ccc(F)cc1F)NS(=O)(=O)c1cnc2[nH]c(=O)[nH]c(=O)c2c1. The summed E-state index contributed by atoms with van der Waals surface area (Å²) >= 11 is 0. The van der Waals surface area contributed by atoms with Gasteiger partial charge in [0.15, 0.2) is 0 Å². The van der Waals surface area contributed by atoms with Crippen molar-refractivity contribution in [1.29, 1.82) is 0 Å². The van der Waals surface area contributed by atoms with Crippen LogP contribution in [0.1, 0.15) is 12.5 Å². The minimum atomic E-state index is -4.18. The normalized spacial score (nSPS) is 12.9. The zero-order valence-corrected chi connectivity index (χ0v) is 16.6. The molecule has 0 spiro atoms. The van der Waals surface area contributed by atoms with E-state index in [2.05, 4.69) is 14.7 Å². The Morgan fingerprint density at radius 2 is 1.97 bits per heavy atom. The summed E-state index contributed by atoms with van der Waals surface area (Å²) in [6.45, 7) is 1.94. The van der Waals surface area contributed by atoms with Crippen molar-refractivity contribution < 1.29 is 21.9 Å². The highest BCUT2D eigenvalue weighted by Crippen LogP contribution is 2.16. The molecular formula is C18H18F2N4O5S. The number of pyridine rings is 1. The molecule has 0 aliphatic carbocycles. The largest absolute Gasteiger partial charge is 0.380 e. The predicted octanol–water partition coefficient (Wildman–Crippen LogP) is 0.816. The van der Waals surface area contributed by atoms with Gasteiger partial charge in [0.1, 0.15) is 22.2 Å². The fourth-order valence-corrected chi connectivity index (χ4v) is 4.00. The van der Waals surface area contributed by atoms with Crippen molar-refractivity contribution in [3.05, 3.63) is 68.5 Å². The number of aromatic amines is 2. The van der Waals surface area contributed by atoms with E-state index in [9.17, 15) is 26.8 Å². The minimum absolute atomic E-state index is 0.0676. The second-order valence-electron chi connectivity index (χ2n) is 6.39. The molecule has 160 valence electrons. The van der Waals surface area contributed by atoms with Crippen molar-refractivity contribution in [2.75, 3.05) is 13.2 Å². The maximum atomic E-state index is 14.0. The zero-order valence-electron chi connectivity index (χ0n) is 15.7. The van der Waals surface area contributed by atoms with E-state index in [1.165, 1.54) is 6.07 Å². The van der Waals surface area contributed by atoms with E-state index in [0.717, 1.165) is 18.3 Å². The Kier molecular flexibility index (Phi) is 6.39. The van der Waals surface area contributed by atoms with E-state index in [1.807, 2.05) is 4.98 Å². The number of hydrogen-bond acceptors (Lipinski definition) is 6. The number of nitrogens with one attached hydrogen (secondary N) is 3. The Labute approximate surface area is 169 Å². The fraction of sp³-hybridized carbons (Fsp3) is 0.278. The molecule has 3 N–H and O–H groups in total. The number of fused-ring (bicyclic) bond motifs is 1. The molecule has 1 aromatic carbocycles. The Morgan fingerprint density at radius 1 is 1.20 bits per heavy atom. The third-order valence-electron chi connectivity index (χ3n) is 4.20. The molecule has 2 heterocycles. The van der Waals surface area contributed by atoms with Crippen LogP contribution in [-0.2, 0) is 21.2 Å². The number of H-pyrrole nitrogens is 2. The monoisotopic (exact) mass is 440 g/mol. The fourth-order valence-electron chi connectivity index (χ4n) is 2.81.